The summed E-state index contributed by atoms with van der Waals surface area (Å²) < 4.78 is 34.0. The van der Waals surface area contributed by atoms with Crippen LogP contribution in [0.3, 0.4) is 0 Å². The van der Waals surface area contributed by atoms with Crippen LogP contribution in [0.1, 0.15) is 69.2 Å². The SMILES string of the molecule is CC(=N)/C(C)=N\O.CC(=N/O)/C(C)=N/O.CCP(CC)CC.CCP(CC)CC.O.[O-][Cl+3]([O-])([O-])[O-].[Rh]. The van der Waals surface area contributed by atoms with E-state index in [1.807, 2.05) is 0 Å². The summed E-state index contributed by atoms with van der Waals surface area (Å²) in [5.41, 5.74) is 1.28. The largest absolute Gasteiger partial charge is 0.412 e. The summed E-state index contributed by atoms with van der Waals surface area (Å²) in [4.78, 5) is 0. The minimum Gasteiger partial charge on any atom is -0.412 e. The number of oxime groups is 3. The molecule has 1 radical (unpaired) electrons. The van der Waals surface area contributed by atoms with Gasteiger partial charge in [-0.25, -0.2) is 18.6 Å². The van der Waals surface area contributed by atoms with Crippen LogP contribution >= 0.6 is 15.8 Å². The first-order chi connectivity index (χ1) is 15.6. The molecule has 0 saturated heterocycles. The molecule has 0 rings (SSSR count). The van der Waals surface area contributed by atoms with E-state index in [2.05, 4.69) is 57.0 Å². The summed E-state index contributed by atoms with van der Waals surface area (Å²) in [5, 5.41) is 39.2. The van der Waals surface area contributed by atoms with Gasteiger partial charge in [0.15, 0.2) is 0 Å². The van der Waals surface area contributed by atoms with E-state index in [1.165, 1.54) is 50.8 Å². The Balaban J connectivity index is -0.0000000580. The molecule has 0 saturated carbocycles. The molecule has 0 aliphatic rings. The molecule has 0 aliphatic heterocycles. The van der Waals surface area contributed by atoms with Crippen LogP contribution in [0, 0.1) is 15.7 Å². The molecule has 0 heterocycles. The normalized spacial score (nSPS) is 11.1. The summed E-state index contributed by atoms with van der Waals surface area (Å²) in [6.45, 7) is 20.0. The van der Waals surface area contributed by atoms with Gasteiger partial charge >= 0.3 is 0 Å². The second-order valence-corrected chi connectivity index (χ2v) is 13.5. The first-order valence-electron chi connectivity index (χ1n) is 10.8. The predicted molar refractivity (Wildman–Crippen MR) is 139 cm³/mol. The van der Waals surface area contributed by atoms with Crippen molar-refractivity contribution in [2.75, 3.05) is 37.0 Å². The topological polar surface area (TPSA) is 245 Å². The van der Waals surface area contributed by atoms with Crippen LogP contribution in [0.15, 0.2) is 15.5 Å². The summed E-state index contributed by atoms with van der Waals surface area (Å²) in [6.07, 6.45) is 8.51. The van der Waals surface area contributed by atoms with Gasteiger partial charge in [0.2, 0.25) is 0 Å². The Morgan fingerprint density at radius 3 is 0.806 bits per heavy atom. The Labute approximate surface area is 234 Å². The Kier molecular flexibility index (Phi) is 53.3. The number of rotatable bonds is 8. The third-order valence-corrected chi connectivity index (χ3v) is 9.57. The monoisotopic (exact) mass is 672 g/mol. The summed E-state index contributed by atoms with van der Waals surface area (Å²) >= 11 is 0. The molecular formula is C20H48ClN4O8P2Rh-. The quantitative estimate of drug-likeness (QED) is 0.0958. The van der Waals surface area contributed by atoms with Gasteiger partial charge in [-0.1, -0.05) is 57.0 Å². The number of halogens is 1. The Bertz CT molecular complexity index is 517. The maximum absolute atomic E-state index is 8.49. The molecule has 223 valence electrons. The van der Waals surface area contributed by atoms with Gasteiger partial charge in [-0.3, -0.25) is 0 Å². The number of nitrogens with one attached hydrogen (secondary N) is 1. The average molecular weight is 673 g/mol. The molecule has 0 fully saturated rings. The standard InChI is InChI=1S/2C6H15P.C4H8N2O2.C4H8N2O.ClHO4.H2O.Rh/c2*1-4-7(5-2)6-3;1-3(5-7)4(2)6-8;1-3(5)4(2)6-7;2-1(3,4)5;;/h2*4-6H2,1-3H3;7-8H,1-2H3;5,7H,1-2H3;(H,2,3,4,5);1H2;/p-1/b;;5-3-,6-4+;5-3?,6-4-;;;. The second kappa shape index (κ2) is 36.8. The first-order valence-corrected chi connectivity index (χ1v) is 15.8. The van der Waals surface area contributed by atoms with Crippen molar-refractivity contribution in [3.05, 3.63) is 0 Å². The molecule has 0 aliphatic carbocycles. The molecule has 12 nitrogen and oxygen atoms in total. The van der Waals surface area contributed by atoms with Crippen molar-refractivity contribution in [3.63, 3.8) is 0 Å². The van der Waals surface area contributed by atoms with Gasteiger partial charge in [0.25, 0.3) is 0 Å². The zero-order valence-corrected chi connectivity index (χ0v) is 27.3. The molecule has 0 atom stereocenters. The summed E-state index contributed by atoms with van der Waals surface area (Å²) in [6, 6.07) is 0. The van der Waals surface area contributed by atoms with Crippen molar-refractivity contribution in [2.24, 2.45) is 15.5 Å². The van der Waals surface area contributed by atoms with Crippen molar-refractivity contribution in [1.29, 1.82) is 5.41 Å². The van der Waals surface area contributed by atoms with Crippen LogP contribution in [0.5, 0.6) is 0 Å². The number of hydrogen-bond acceptors (Lipinski definition) is 11. The van der Waals surface area contributed by atoms with Crippen LogP contribution in [-0.2, 0) is 19.5 Å². The van der Waals surface area contributed by atoms with Crippen molar-refractivity contribution >= 4 is 38.7 Å². The molecule has 0 amide bonds. The molecule has 0 bridgehead atoms. The third-order valence-electron chi connectivity index (χ3n) is 4.20. The van der Waals surface area contributed by atoms with Crippen molar-refractivity contribution in [1.82, 2.24) is 0 Å². The van der Waals surface area contributed by atoms with E-state index in [-0.39, 0.29) is 25.0 Å². The van der Waals surface area contributed by atoms with Gasteiger partial charge in [-0.05, 0) is 64.7 Å². The zero-order chi connectivity index (χ0) is 28.3. The molecule has 0 spiro atoms. The van der Waals surface area contributed by atoms with E-state index in [0.29, 0.717) is 38.7 Å². The molecule has 0 aromatic heterocycles. The third kappa shape index (κ3) is 54.5. The average Bonchev–Trinajstić information content (AvgIpc) is 2.79. The maximum atomic E-state index is 8.49. The Morgan fingerprint density at radius 1 is 0.611 bits per heavy atom. The number of nitrogens with zero attached hydrogens (tertiary/aromatic N) is 3. The van der Waals surface area contributed by atoms with Gasteiger partial charge < -0.3 is 26.5 Å². The Morgan fingerprint density at radius 2 is 0.778 bits per heavy atom. The zero-order valence-electron chi connectivity index (χ0n) is 23.2. The van der Waals surface area contributed by atoms with Crippen LogP contribution in [-0.4, -0.2) is 80.9 Å². The van der Waals surface area contributed by atoms with Gasteiger partial charge in [0, 0.05) is 19.5 Å². The molecule has 36 heavy (non-hydrogen) atoms. The fourth-order valence-corrected chi connectivity index (χ4v) is 4.24. The fraction of sp³-hybridized carbons (Fsp3) is 0.800. The van der Waals surface area contributed by atoms with Crippen LogP contribution in [0.2, 0.25) is 0 Å². The second-order valence-electron chi connectivity index (χ2n) is 6.30. The molecule has 0 unspecified atom stereocenters. The van der Waals surface area contributed by atoms with Crippen molar-refractivity contribution < 1.29 is 69.5 Å². The maximum Gasteiger partial charge on any atom is 0.101 e. The van der Waals surface area contributed by atoms with Crippen LogP contribution in [0.25, 0.3) is 0 Å². The first kappa shape index (κ1) is 52.1. The summed E-state index contributed by atoms with van der Waals surface area (Å²) in [7, 11) is -4.05. The van der Waals surface area contributed by atoms with Crippen LogP contribution < -0.4 is 18.6 Å². The van der Waals surface area contributed by atoms with Crippen molar-refractivity contribution in [2.45, 2.75) is 69.2 Å². The van der Waals surface area contributed by atoms with Gasteiger partial charge in [-0.15, -0.1) is 26.1 Å². The Hall–Kier alpha value is -0.347. The van der Waals surface area contributed by atoms with Gasteiger partial charge in [0.05, 0.1) is 11.4 Å². The van der Waals surface area contributed by atoms with E-state index in [9.17, 15) is 0 Å². The molecule has 0 aromatic carbocycles. The molecule has 16 heteroatoms. The fourth-order valence-electron chi connectivity index (χ4n) is 1.56. The van der Waals surface area contributed by atoms with Gasteiger partial charge in [0.1, 0.15) is 11.4 Å². The van der Waals surface area contributed by atoms with E-state index >= 15 is 0 Å². The van der Waals surface area contributed by atoms with Crippen LogP contribution in [0.4, 0.5) is 0 Å². The van der Waals surface area contributed by atoms with Gasteiger partial charge in [-0.2, -0.15) is 0 Å². The number of hydrogen-bond donors (Lipinski definition) is 4. The van der Waals surface area contributed by atoms with E-state index in [1.54, 1.807) is 13.8 Å². The minimum absolute atomic E-state index is 0. The van der Waals surface area contributed by atoms with E-state index in [0.717, 1.165) is 0 Å². The van der Waals surface area contributed by atoms with E-state index < -0.39 is 10.2 Å². The van der Waals surface area contributed by atoms with Crippen molar-refractivity contribution in [3.8, 4) is 0 Å². The smallest absolute Gasteiger partial charge is 0.101 e. The van der Waals surface area contributed by atoms with E-state index in [4.69, 9.17) is 39.7 Å². The molecule has 6 N–H and O–H groups in total. The summed E-state index contributed by atoms with van der Waals surface area (Å²) in [5.74, 6) is 0. The minimum atomic E-state index is -4.94. The molecule has 0 aromatic rings. The molecular weight excluding hydrogens is 625 g/mol. The predicted octanol–water partition coefficient (Wildman–Crippen LogP) is 1.04.